The number of fused-ring (bicyclic) bond motifs is 1. The summed E-state index contributed by atoms with van der Waals surface area (Å²) in [5.74, 6) is -0.800. The molecule has 2 aromatic heterocycles. The highest BCUT2D eigenvalue weighted by molar-refractivity contribution is 5.95. The fraction of sp³-hybridized carbons (Fsp3) is 0.350. The molecule has 158 valence electrons. The van der Waals surface area contributed by atoms with Gasteiger partial charge >= 0.3 is 12.1 Å². The Morgan fingerprint density at radius 2 is 2.10 bits per heavy atom. The fourth-order valence-electron chi connectivity index (χ4n) is 3.71. The second-order valence-corrected chi connectivity index (χ2v) is 7.29. The topological polar surface area (TPSA) is 95.1 Å². The predicted molar refractivity (Wildman–Crippen MR) is 104 cm³/mol. The van der Waals surface area contributed by atoms with Crippen molar-refractivity contribution in [3.63, 3.8) is 0 Å². The summed E-state index contributed by atoms with van der Waals surface area (Å²) >= 11 is 0. The molecule has 0 saturated heterocycles. The second kappa shape index (κ2) is 7.60. The number of carbonyl (C=O) groups is 1. The van der Waals surface area contributed by atoms with Crippen LogP contribution in [0, 0.1) is 0 Å². The van der Waals surface area contributed by atoms with E-state index in [1.165, 1.54) is 23.9 Å². The number of hydrogen-bond donors (Lipinski definition) is 2. The van der Waals surface area contributed by atoms with Crippen LogP contribution in [0.3, 0.4) is 0 Å². The van der Waals surface area contributed by atoms with E-state index in [1.54, 1.807) is 18.2 Å². The molecule has 10 heteroatoms. The van der Waals surface area contributed by atoms with E-state index in [1.807, 2.05) is 0 Å². The summed E-state index contributed by atoms with van der Waals surface area (Å²) in [4.78, 5) is 19.9. The van der Waals surface area contributed by atoms with Crippen LogP contribution in [-0.2, 0) is 10.9 Å². The molecule has 4 rings (SSSR count). The minimum atomic E-state index is -4.65. The smallest absolute Gasteiger partial charge is 0.421 e. The van der Waals surface area contributed by atoms with Crippen LogP contribution < -0.4 is 11.1 Å². The van der Waals surface area contributed by atoms with Crippen LogP contribution in [0.4, 0.5) is 19.1 Å². The molecule has 0 radical (unpaired) electrons. The molecule has 0 bridgehead atoms. The number of halogens is 3. The number of esters is 1. The first kappa shape index (κ1) is 20.1. The zero-order valence-corrected chi connectivity index (χ0v) is 16.1. The van der Waals surface area contributed by atoms with Gasteiger partial charge in [-0.15, -0.1) is 0 Å². The van der Waals surface area contributed by atoms with E-state index < -0.39 is 17.7 Å². The summed E-state index contributed by atoms with van der Waals surface area (Å²) < 4.78 is 47.1. The molecule has 0 unspecified atom stereocenters. The van der Waals surface area contributed by atoms with Crippen LogP contribution in [0.1, 0.15) is 35.2 Å². The van der Waals surface area contributed by atoms with Crippen molar-refractivity contribution < 1.29 is 22.7 Å². The van der Waals surface area contributed by atoms with Crippen molar-refractivity contribution in [2.24, 2.45) is 5.73 Å². The van der Waals surface area contributed by atoms with Gasteiger partial charge in [-0.2, -0.15) is 18.2 Å². The molecule has 3 aromatic rings. The second-order valence-electron chi connectivity index (χ2n) is 7.29. The van der Waals surface area contributed by atoms with Gasteiger partial charge in [-0.25, -0.2) is 9.78 Å². The third-order valence-corrected chi connectivity index (χ3v) is 5.22. The van der Waals surface area contributed by atoms with E-state index in [9.17, 15) is 18.0 Å². The molecule has 1 aliphatic carbocycles. The summed E-state index contributed by atoms with van der Waals surface area (Å²) in [6.07, 6.45) is -0.0532. The summed E-state index contributed by atoms with van der Waals surface area (Å²) in [7, 11) is 1.24. The zero-order valence-electron chi connectivity index (χ0n) is 16.1. The molecule has 1 aromatic carbocycles. The number of anilines is 1. The first-order chi connectivity index (χ1) is 14.3. The van der Waals surface area contributed by atoms with E-state index in [2.05, 4.69) is 15.3 Å². The Balaban J connectivity index is 1.81. The summed E-state index contributed by atoms with van der Waals surface area (Å²) in [6, 6.07) is 6.40. The first-order valence-electron chi connectivity index (χ1n) is 9.42. The van der Waals surface area contributed by atoms with E-state index in [-0.39, 0.29) is 29.4 Å². The van der Waals surface area contributed by atoms with Crippen LogP contribution in [0.2, 0.25) is 0 Å². The van der Waals surface area contributed by atoms with Gasteiger partial charge in [-0.05, 0) is 37.5 Å². The van der Waals surface area contributed by atoms with E-state index in [4.69, 9.17) is 10.5 Å². The molecule has 3 N–H and O–H groups in total. The van der Waals surface area contributed by atoms with Gasteiger partial charge in [0.2, 0.25) is 5.95 Å². The summed E-state index contributed by atoms with van der Waals surface area (Å²) in [6.45, 7) is 0. The number of hydrogen-bond acceptors (Lipinski definition) is 6. The average molecular weight is 419 g/mol. The molecular weight excluding hydrogens is 399 g/mol. The maximum absolute atomic E-state index is 13.7. The van der Waals surface area contributed by atoms with Gasteiger partial charge in [-0.1, -0.05) is 6.07 Å². The Morgan fingerprint density at radius 1 is 1.30 bits per heavy atom. The van der Waals surface area contributed by atoms with Crippen LogP contribution >= 0.6 is 0 Å². The minimum absolute atomic E-state index is 0.0110. The van der Waals surface area contributed by atoms with Crippen molar-refractivity contribution in [3.05, 3.63) is 47.8 Å². The Morgan fingerprint density at radius 3 is 2.77 bits per heavy atom. The number of nitrogens with zero attached hydrogens (tertiary/aromatic N) is 3. The van der Waals surface area contributed by atoms with Gasteiger partial charge in [-0.3, -0.25) is 0 Å². The lowest BCUT2D eigenvalue weighted by Gasteiger charge is -2.17. The first-order valence-corrected chi connectivity index (χ1v) is 9.42. The van der Waals surface area contributed by atoms with Gasteiger partial charge < -0.3 is 20.4 Å². The van der Waals surface area contributed by atoms with Crippen LogP contribution in [0.5, 0.6) is 0 Å². The number of nitrogens with two attached hydrogens (primary N) is 1. The largest absolute Gasteiger partial charge is 0.465 e. The Kier molecular flexibility index (Phi) is 5.10. The third kappa shape index (κ3) is 3.82. The van der Waals surface area contributed by atoms with Crippen LogP contribution in [0.25, 0.3) is 16.7 Å². The van der Waals surface area contributed by atoms with Crippen molar-refractivity contribution in [1.29, 1.82) is 0 Å². The van der Waals surface area contributed by atoms with Gasteiger partial charge in [0.25, 0.3) is 0 Å². The molecule has 0 spiro atoms. The Hall–Kier alpha value is -3.14. The monoisotopic (exact) mass is 419 g/mol. The van der Waals surface area contributed by atoms with E-state index >= 15 is 0 Å². The van der Waals surface area contributed by atoms with Gasteiger partial charge in [0, 0.05) is 29.9 Å². The molecule has 1 saturated carbocycles. The van der Waals surface area contributed by atoms with Crippen LogP contribution in [-0.4, -0.2) is 39.7 Å². The van der Waals surface area contributed by atoms with Crippen molar-refractivity contribution in [2.75, 3.05) is 12.4 Å². The number of benzene rings is 1. The molecule has 1 fully saturated rings. The third-order valence-electron chi connectivity index (χ3n) is 5.22. The number of methoxy groups -OCH3 is 1. The van der Waals surface area contributed by atoms with Crippen molar-refractivity contribution in [1.82, 2.24) is 14.5 Å². The van der Waals surface area contributed by atoms with Crippen LogP contribution in [0.15, 0.2) is 36.7 Å². The van der Waals surface area contributed by atoms with Crippen molar-refractivity contribution >= 4 is 22.8 Å². The lowest BCUT2D eigenvalue weighted by molar-refractivity contribution is -0.137. The molecule has 0 aliphatic heterocycles. The van der Waals surface area contributed by atoms with Crippen molar-refractivity contribution in [3.8, 4) is 5.82 Å². The van der Waals surface area contributed by atoms with Crippen molar-refractivity contribution in [2.45, 2.75) is 37.5 Å². The van der Waals surface area contributed by atoms with E-state index in [0.29, 0.717) is 17.3 Å². The number of ether oxygens (including phenoxy) is 1. The fourth-order valence-corrected chi connectivity index (χ4v) is 3.71. The molecule has 2 heterocycles. The molecule has 2 atom stereocenters. The quantitative estimate of drug-likeness (QED) is 0.629. The maximum Gasteiger partial charge on any atom is 0.421 e. The highest BCUT2D eigenvalue weighted by atomic mass is 19.4. The number of rotatable bonds is 4. The Bertz CT molecular complexity index is 1100. The van der Waals surface area contributed by atoms with E-state index in [0.717, 1.165) is 19.0 Å². The van der Waals surface area contributed by atoms with Gasteiger partial charge in [0.1, 0.15) is 5.56 Å². The molecular formula is C20H20F3N5O2. The molecule has 0 amide bonds. The highest BCUT2D eigenvalue weighted by Gasteiger charge is 2.36. The number of alkyl halides is 3. The minimum Gasteiger partial charge on any atom is -0.465 e. The lowest BCUT2D eigenvalue weighted by Crippen LogP contribution is -2.23. The summed E-state index contributed by atoms with van der Waals surface area (Å²) in [5.41, 5.74) is 5.56. The summed E-state index contributed by atoms with van der Waals surface area (Å²) in [5, 5.41) is 3.74. The normalized spacial score (nSPS) is 19.2. The average Bonchev–Trinajstić information content (AvgIpc) is 3.31. The maximum atomic E-state index is 13.7. The predicted octanol–water partition coefficient (Wildman–Crippen LogP) is 3.52. The zero-order chi connectivity index (χ0) is 21.5. The van der Waals surface area contributed by atoms with Gasteiger partial charge in [0.05, 0.1) is 18.2 Å². The number of carbonyl (C=O) groups excluding carboxylic acids is 1. The molecule has 1 aliphatic rings. The molecule has 30 heavy (non-hydrogen) atoms. The molecule has 7 nitrogen and oxygen atoms in total. The standard InChI is InChI=1S/C20H20F3N5O2/c1-30-18(29)12-3-2-11-6-7-28(16(11)8-12)17-15(20(21,22)23)10-25-19(27-17)26-14-5-4-13(24)9-14/h2-3,6-8,10,13-14H,4-5,9,24H2,1H3,(H,25,26,27)/t13-,14-/m0/s1. The number of nitrogens with one attached hydrogen (secondary N) is 1. The number of aromatic nitrogens is 3. The highest BCUT2D eigenvalue weighted by Crippen LogP contribution is 2.35. The Labute approximate surface area is 170 Å². The SMILES string of the molecule is COC(=O)c1ccc2ccn(-c3nc(N[C@H]4CC[C@H](N)C4)ncc3C(F)(F)F)c2c1. The van der Waals surface area contributed by atoms with Gasteiger partial charge in [0.15, 0.2) is 5.82 Å². The lowest BCUT2D eigenvalue weighted by atomic mass is 10.1.